The maximum atomic E-state index is 9.97. The van der Waals surface area contributed by atoms with Crippen molar-refractivity contribution in [3.05, 3.63) is 17.0 Å². The third-order valence-electron chi connectivity index (χ3n) is 2.26. The summed E-state index contributed by atoms with van der Waals surface area (Å²) in [6.07, 6.45) is 0.793. The predicted octanol–water partition coefficient (Wildman–Crippen LogP) is 0.883. The first-order chi connectivity index (χ1) is 7.08. The molecule has 0 saturated carbocycles. The average molecular weight is 240 g/mol. The lowest BCUT2D eigenvalue weighted by Crippen LogP contribution is -2.44. The van der Waals surface area contributed by atoms with Crippen LogP contribution in [0.15, 0.2) is 12.1 Å². The summed E-state index contributed by atoms with van der Waals surface area (Å²) in [5.74, 6) is 0. The minimum Gasteiger partial charge on any atom is -0.387 e. The third kappa shape index (κ3) is 5.44. The molecule has 2 N–H and O–H groups in total. The van der Waals surface area contributed by atoms with E-state index in [1.807, 2.05) is 0 Å². The average Bonchev–Trinajstić information content (AvgIpc) is 2.48. The number of aliphatic hydroxyl groups is 2. The first kappa shape index (κ1) is 15.4. The van der Waals surface area contributed by atoms with Crippen LogP contribution in [0, 0.1) is 0 Å². The molecule has 3 nitrogen and oxygen atoms in total. The van der Waals surface area contributed by atoms with E-state index in [-0.39, 0.29) is 0 Å². The van der Waals surface area contributed by atoms with Crippen molar-refractivity contribution in [3.8, 4) is 0 Å². The van der Waals surface area contributed by atoms with Gasteiger partial charge in [-0.15, -0.1) is 11.3 Å². The fourth-order valence-corrected chi connectivity index (χ4v) is 1.02. The molecule has 0 saturated heterocycles. The molecule has 0 aliphatic carbocycles. The Morgan fingerprint density at radius 2 is 1.62 bits per heavy atom. The molecule has 0 spiro atoms. The highest BCUT2D eigenvalue weighted by Gasteiger charge is 2.31. The molecule has 1 heterocycles. The zero-order valence-corrected chi connectivity index (χ0v) is 10.8. The molecule has 0 aliphatic heterocycles. The summed E-state index contributed by atoms with van der Waals surface area (Å²) in [6.45, 7) is 6.31. The molecule has 0 aromatic carbocycles. The van der Waals surface area contributed by atoms with E-state index in [4.69, 9.17) is 18.1 Å². The van der Waals surface area contributed by atoms with Crippen molar-refractivity contribution in [3.63, 3.8) is 0 Å². The first-order valence-electron chi connectivity index (χ1n) is 4.83. The Labute approximate surface area is 102 Å². The zero-order chi connectivity index (χ0) is 13.0. The van der Waals surface area contributed by atoms with E-state index >= 15 is 0 Å². The van der Waals surface area contributed by atoms with E-state index in [9.17, 15) is 4.79 Å². The van der Waals surface area contributed by atoms with Gasteiger partial charge in [-0.1, -0.05) is 6.07 Å². The van der Waals surface area contributed by atoms with Crippen LogP contribution in [0.25, 0.3) is 0 Å². The molecule has 0 bridgehead atoms. The summed E-state index contributed by atoms with van der Waals surface area (Å²) in [4.78, 5) is 10.7. The summed E-state index contributed by atoms with van der Waals surface area (Å²) < 4.78 is 0.687. The van der Waals surface area contributed by atoms with Crippen LogP contribution in [0.2, 0.25) is 0 Å². The second-order valence-electron chi connectivity index (χ2n) is 4.48. The highest BCUT2D eigenvalue weighted by molar-refractivity contribution is 7.21. The van der Waals surface area contributed by atoms with Crippen LogP contribution >= 0.6 is 11.3 Å². The van der Waals surface area contributed by atoms with Crippen LogP contribution in [0.4, 0.5) is 0 Å². The van der Waals surface area contributed by atoms with E-state index in [1.54, 1.807) is 39.8 Å². The van der Waals surface area contributed by atoms with Crippen LogP contribution in [0.5, 0.6) is 0 Å². The van der Waals surface area contributed by atoms with Crippen LogP contribution < -0.4 is 4.78 Å². The van der Waals surface area contributed by atoms with Crippen molar-refractivity contribution in [1.82, 2.24) is 0 Å². The van der Waals surface area contributed by atoms with Gasteiger partial charge in [0.25, 0.3) is 0 Å². The van der Waals surface area contributed by atoms with Gasteiger partial charge < -0.3 is 10.2 Å². The smallest absolute Gasteiger partial charge is 0.159 e. The van der Waals surface area contributed by atoms with Gasteiger partial charge in [-0.2, -0.15) is 0 Å². The Kier molecular flexibility index (Phi) is 5.39. The minimum absolute atomic E-state index is 0.683. The number of hydrogen-bond acceptors (Lipinski definition) is 4. The van der Waals surface area contributed by atoms with Crippen molar-refractivity contribution in [2.45, 2.75) is 38.9 Å². The molecule has 0 atom stereocenters. The van der Waals surface area contributed by atoms with Gasteiger partial charge >= 0.3 is 0 Å². The molecule has 1 aromatic rings. The lowest BCUT2D eigenvalue weighted by Gasteiger charge is -2.31. The van der Waals surface area contributed by atoms with Crippen molar-refractivity contribution in [2.24, 2.45) is 0 Å². The number of thiophene rings is 1. The Hall–Kier alpha value is -0.645. The first-order valence-corrected chi connectivity index (χ1v) is 5.65. The molecule has 1 rings (SSSR count). The quantitative estimate of drug-likeness (QED) is 0.596. The van der Waals surface area contributed by atoms with Crippen LogP contribution in [0.1, 0.15) is 37.4 Å². The highest BCUT2D eigenvalue weighted by atomic mass is 32.1. The molecule has 0 unspecified atom stereocenters. The summed E-state index contributed by atoms with van der Waals surface area (Å²) in [7, 11) is 5.31. The fourth-order valence-electron chi connectivity index (χ4n) is 0.432. The number of hydrogen-bond donors (Lipinski definition) is 2. The second-order valence-corrected chi connectivity index (χ2v) is 5.62. The number of rotatable bonds is 2. The van der Waals surface area contributed by atoms with Gasteiger partial charge in [-0.25, -0.2) is 0 Å². The van der Waals surface area contributed by atoms with Crippen molar-refractivity contribution in [2.75, 3.05) is 0 Å². The molecule has 1 aromatic heterocycles. The fraction of sp³-hybridized carbons (Fsp3) is 0.545. The van der Waals surface area contributed by atoms with Gasteiger partial charge in [0.15, 0.2) is 6.29 Å². The minimum atomic E-state index is -1.01. The monoisotopic (exact) mass is 240 g/mol. The number of carbonyl (C=O) groups excluding carboxylic acids is 1. The van der Waals surface area contributed by atoms with Gasteiger partial charge in [0.2, 0.25) is 0 Å². The summed E-state index contributed by atoms with van der Waals surface area (Å²) in [5, 5.41) is 18.2. The molecular formula is C11H17BO3S. The van der Waals surface area contributed by atoms with Crippen molar-refractivity contribution >= 4 is 30.2 Å². The molecule has 0 fully saturated rings. The topological polar surface area (TPSA) is 57.5 Å². The summed E-state index contributed by atoms with van der Waals surface area (Å²) in [6, 6.07) is 3.42. The maximum absolute atomic E-state index is 9.97. The lowest BCUT2D eigenvalue weighted by atomic mass is 9.90. The van der Waals surface area contributed by atoms with Gasteiger partial charge in [-0.05, 0) is 38.5 Å². The molecule has 88 valence electrons. The highest BCUT2D eigenvalue weighted by Crippen LogP contribution is 2.19. The lowest BCUT2D eigenvalue weighted by molar-refractivity contribution is -0.107. The number of aldehydes is 1. The predicted molar refractivity (Wildman–Crippen MR) is 67.7 cm³/mol. The maximum Gasteiger partial charge on any atom is 0.159 e. The van der Waals surface area contributed by atoms with Gasteiger partial charge in [-0.3, -0.25) is 4.79 Å². The molecule has 5 heteroatoms. The van der Waals surface area contributed by atoms with E-state index < -0.39 is 11.2 Å². The zero-order valence-electron chi connectivity index (χ0n) is 10.0. The second kappa shape index (κ2) is 5.61. The van der Waals surface area contributed by atoms with Gasteiger partial charge in [0, 0.05) is 0 Å². The van der Waals surface area contributed by atoms with Crippen LogP contribution in [0.3, 0.4) is 0 Å². The Bertz CT molecular complexity index is 322. The van der Waals surface area contributed by atoms with E-state index in [2.05, 4.69) is 0 Å². The molecule has 16 heavy (non-hydrogen) atoms. The molecule has 0 amide bonds. The van der Waals surface area contributed by atoms with E-state index in [1.165, 1.54) is 11.3 Å². The molecule has 0 aliphatic rings. The SMILES string of the molecule is CC(C)(O)C(C)(C)O.[B]c1ccc(C=O)s1. The Morgan fingerprint density at radius 3 is 1.75 bits per heavy atom. The third-order valence-corrected chi connectivity index (χ3v) is 3.10. The van der Waals surface area contributed by atoms with Crippen molar-refractivity contribution < 1.29 is 15.0 Å². The largest absolute Gasteiger partial charge is 0.387 e. The van der Waals surface area contributed by atoms with E-state index in [0.717, 1.165) is 6.29 Å². The summed E-state index contributed by atoms with van der Waals surface area (Å²) >= 11 is 1.30. The van der Waals surface area contributed by atoms with Crippen LogP contribution in [-0.2, 0) is 0 Å². The van der Waals surface area contributed by atoms with E-state index in [0.29, 0.717) is 9.65 Å². The normalized spacial score (nSPS) is 11.6. The molecular weight excluding hydrogens is 223 g/mol. The Balaban J connectivity index is 0.000000281. The van der Waals surface area contributed by atoms with Crippen molar-refractivity contribution in [1.29, 1.82) is 0 Å². The standard InChI is InChI=1S/C6H14O2.C5H3BOS/c1-5(2,7)6(3,4)8;6-5-2-1-4(3-7)8-5/h7-8H,1-4H3;1-3H. The van der Waals surface area contributed by atoms with Gasteiger partial charge in [0.05, 0.1) is 16.1 Å². The van der Waals surface area contributed by atoms with Crippen LogP contribution in [-0.4, -0.2) is 35.5 Å². The summed E-state index contributed by atoms with van der Waals surface area (Å²) in [5.41, 5.74) is -2.01. The number of carbonyl (C=O) groups is 1. The molecule has 2 radical (unpaired) electrons. The van der Waals surface area contributed by atoms with Gasteiger partial charge in [0.1, 0.15) is 7.85 Å². The Morgan fingerprint density at radius 1 is 1.19 bits per heavy atom.